The molecule has 0 aliphatic heterocycles. The van der Waals surface area contributed by atoms with Crippen LogP contribution in [0.25, 0.3) is 0 Å². The molecule has 0 saturated carbocycles. The van der Waals surface area contributed by atoms with E-state index in [-0.39, 0.29) is 11.8 Å². The van der Waals surface area contributed by atoms with Crippen LogP contribution in [0.5, 0.6) is 5.75 Å². The third-order valence-electron chi connectivity index (χ3n) is 3.80. The molecule has 2 unspecified atom stereocenters. The number of hydrogen-bond donors (Lipinski definition) is 2. The van der Waals surface area contributed by atoms with Gasteiger partial charge in [0.2, 0.25) is 0 Å². The molecule has 0 heterocycles. The van der Waals surface area contributed by atoms with Gasteiger partial charge in [-0.2, -0.15) is 0 Å². The van der Waals surface area contributed by atoms with E-state index < -0.39 is 9.84 Å². The first-order valence-electron chi connectivity index (χ1n) is 9.23. The second-order valence-electron chi connectivity index (χ2n) is 6.75. The van der Waals surface area contributed by atoms with Crippen molar-refractivity contribution in [2.75, 3.05) is 38.0 Å². The minimum absolute atomic E-state index is 0.0378. The zero-order chi connectivity index (χ0) is 20.3. The Hall–Kier alpha value is -1.41. The molecule has 154 valence electrons. The van der Waals surface area contributed by atoms with Crippen molar-refractivity contribution < 1.29 is 13.2 Å². The Bertz CT molecular complexity index is 693. The van der Waals surface area contributed by atoms with Crippen LogP contribution >= 0.6 is 11.8 Å². The van der Waals surface area contributed by atoms with Crippen molar-refractivity contribution in [3.63, 3.8) is 0 Å². The predicted molar refractivity (Wildman–Crippen MR) is 116 cm³/mol. The fraction of sp³-hybridized carbons (Fsp3) is 0.632. The van der Waals surface area contributed by atoms with E-state index in [0.29, 0.717) is 18.9 Å². The van der Waals surface area contributed by atoms with Crippen LogP contribution < -0.4 is 15.4 Å². The van der Waals surface area contributed by atoms with E-state index in [2.05, 4.69) is 28.6 Å². The molecule has 0 bridgehead atoms. The molecule has 8 heteroatoms. The average Bonchev–Trinajstić information content (AvgIpc) is 2.62. The van der Waals surface area contributed by atoms with Crippen LogP contribution in [-0.4, -0.2) is 58.4 Å². The van der Waals surface area contributed by atoms with Gasteiger partial charge in [0.1, 0.15) is 15.6 Å². The van der Waals surface area contributed by atoms with Gasteiger partial charge >= 0.3 is 0 Å². The van der Waals surface area contributed by atoms with E-state index in [4.69, 9.17) is 4.74 Å². The van der Waals surface area contributed by atoms with E-state index in [0.717, 1.165) is 28.9 Å². The van der Waals surface area contributed by atoms with Crippen molar-refractivity contribution in [1.29, 1.82) is 0 Å². The summed E-state index contributed by atoms with van der Waals surface area (Å²) in [4.78, 5) is 5.79. The van der Waals surface area contributed by atoms with Crippen LogP contribution in [0.3, 0.4) is 0 Å². The molecule has 6 nitrogen and oxygen atoms in total. The van der Waals surface area contributed by atoms with E-state index in [9.17, 15) is 8.42 Å². The van der Waals surface area contributed by atoms with E-state index in [1.807, 2.05) is 32.0 Å². The second kappa shape index (κ2) is 12.1. The Morgan fingerprint density at radius 1 is 1.30 bits per heavy atom. The standard InChI is InChI=1S/C19H33N3O3S2/c1-6-20-19(22-16(3)11-12-27(5,23)24)21-13-15(2)14-26-18-10-8-7-9-17(18)25-4/h7-10,15-16H,6,11-14H2,1-5H3,(H2,20,21,22). The van der Waals surface area contributed by atoms with Crippen molar-refractivity contribution in [3.8, 4) is 5.75 Å². The maximum Gasteiger partial charge on any atom is 0.191 e. The van der Waals surface area contributed by atoms with Crippen molar-refractivity contribution in [2.45, 2.75) is 38.1 Å². The highest BCUT2D eigenvalue weighted by Crippen LogP contribution is 2.29. The maximum atomic E-state index is 11.3. The molecule has 0 aliphatic rings. The summed E-state index contributed by atoms with van der Waals surface area (Å²) in [5.41, 5.74) is 0. The lowest BCUT2D eigenvalue weighted by molar-refractivity contribution is 0.405. The van der Waals surface area contributed by atoms with Gasteiger partial charge in [-0.25, -0.2) is 8.42 Å². The van der Waals surface area contributed by atoms with Crippen LogP contribution in [0.1, 0.15) is 27.2 Å². The lowest BCUT2D eigenvalue weighted by Gasteiger charge is -2.18. The van der Waals surface area contributed by atoms with Gasteiger partial charge in [-0.15, -0.1) is 11.8 Å². The largest absolute Gasteiger partial charge is 0.496 e. The van der Waals surface area contributed by atoms with Gasteiger partial charge in [0, 0.05) is 36.0 Å². The van der Waals surface area contributed by atoms with Crippen molar-refractivity contribution in [2.24, 2.45) is 10.9 Å². The summed E-state index contributed by atoms with van der Waals surface area (Å²) in [6, 6.07) is 8.05. The summed E-state index contributed by atoms with van der Waals surface area (Å²) in [5, 5.41) is 6.51. The summed E-state index contributed by atoms with van der Waals surface area (Å²) < 4.78 is 28.0. The molecule has 27 heavy (non-hydrogen) atoms. The summed E-state index contributed by atoms with van der Waals surface area (Å²) in [6.45, 7) is 7.60. The number of hydrogen-bond acceptors (Lipinski definition) is 5. The molecule has 1 rings (SSSR count). The predicted octanol–water partition coefficient (Wildman–Crippen LogP) is 2.80. The SMILES string of the molecule is CCNC(=NCC(C)CSc1ccccc1OC)NC(C)CCS(C)(=O)=O. The number of ether oxygens (including phenoxy) is 1. The van der Waals surface area contributed by atoms with Crippen LogP contribution in [-0.2, 0) is 9.84 Å². The Balaban J connectivity index is 2.53. The third-order valence-corrected chi connectivity index (χ3v) is 6.16. The first kappa shape index (κ1) is 23.6. The quantitative estimate of drug-likeness (QED) is 0.329. The fourth-order valence-electron chi connectivity index (χ4n) is 2.29. The number of sulfone groups is 1. The van der Waals surface area contributed by atoms with Crippen LogP contribution in [0.4, 0.5) is 0 Å². The number of methoxy groups -OCH3 is 1. The fourth-order valence-corrected chi connectivity index (χ4v) is 4.11. The van der Waals surface area contributed by atoms with Gasteiger partial charge in [-0.05, 0) is 38.3 Å². The number of rotatable bonds is 11. The highest BCUT2D eigenvalue weighted by Gasteiger charge is 2.11. The van der Waals surface area contributed by atoms with E-state index >= 15 is 0 Å². The molecule has 0 spiro atoms. The molecular weight excluding hydrogens is 382 g/mol. The second-order valence-corrected chi connectivity index (χ2v) is 10.1. The number of aliphatic imine (C=N–C) groups is 1. The van der Waals surface area contributed by atoms with Crippen molar-refractivity contribution in [1.82, 2.24) is 10.6 Å². The third kappa shape index (κ3) is 10.5. The van der Waals surface area contributed by atoms with Crippen molar-refractivity contribution in [3.05, 3.63) is 24.3 Å². The lowest BCUT2D eigenvalue weighted by Crippen LogP contribution is -2.43. The Labute approximate surface area is 168 Å². The number of benzene rings is 1. The van der Waals surface area contributed by atoms with Gasteiger partial charge < -0.3 is 15.4 Å². The maximum absolute atomic E-state index is 11.3. The first-order valence-corrected chi connectivity index (χ1v) is 12.3. The molecule has 0 fully saturated rings. The molecule has 0 amide bonds. The number of nitrogens with one attached hydrogen (secondary N) is 2. The zero-order valence-electron chi connectivity index (χ0n) is 17.0. The van der Waals surface area contributed by atoms with Gasteiger partial charge in [0.25, 0.3) is 0 Å². The van der Waals surface area contributed by atoms with Crippen molar-refractivity contribution >= 4 is 27.6 Å². The topological polar surface area (TPSA) is 79.8 Å². The molecule has 1 aromatic rings. The zero-order valence-corrected chi connectivity index (χ0v) is 18.6. The molecule has 1 aromatic carbocycles. The van der Waals surface area contributed by atoms with Crippen LogP contribution in [0.15, 0.2) is 34.2 Å². The van der Waals surface area contributed by atoms with Crippen LogP contribution in [0, 0.1) is 5.92 Å². The molecular formula is C19H33N3O3S2. The Morgan fingerprint density at radius 3 is 2.63 bits per heavy atom. The van der Waals surface area contributed by atoms with Gasteiger partial charge in [0.15, 0.2) is 5.96 Å². The molecule has 0 aromatic heterocycles. The number of thioether (sulfide) groups is 1. The van der Waals surface area contributed by atoms with E-state index in [1.165, 1.54) is 6.26 Å². The molecule has 2 atom stereocenters. The Kier molecular flexibility index (Phi) is 10.6. The minimum Gasteiger partial charge on any atom is -0.496 e. The minimum atomic E-state index is -2.95. The number of para-hydroxylation sites is 1. The average molecular weight is 416 g/mol. The highest BCUT2D eigenvalue weighted by atomic mass is 32.2. The van der Waals surface area contributed by atoms with E-state index in [1.54, 1.807) is 18.9 Å². The summed E-state index contributed by atoms with van der Waals surface area (Å²) in [7, 11) is -1.26. The number of guanidine groups is 1. The summed E-state index contributed by atoms with van der Waals surface area (Å²) in [6.07, 6.45) is 1.82. The molecule has 0 saturated heterocycles. The monoisotopic (exact) mass is 415 g/mol. The van der Waals surface area contributed by atoms with Gasteiger partial charge in [0.05, 0.1) is 12.9 Å². The highest BCUT2D eigenvalue weighted by molar-refractivity contribution is 7.99. The number of nitrogens with zero attached hydrogens (tertiary/aromatic N) is 1. The first-order chi connectivity index (χ1) is 12.7. The normalized spacial score (nSPS) is 14.5. The molecule has 0 radical (unpaired) electrons. The lowest BCUT2D eigenvalue weighted by atomic mass is 10.2. The van der Waals surface area contributed by atoms with Gasteiger partial charge in [-0.3, -0.25) is 4.99 Å². The smallest absolute Gasteiger partial charge is 0.191 e. The molecule has 2 N–H and O–H groups in total. The summed E-state index contributed by atoms with van der Waals surface area (Å²) in [5.74, 6) is 3.13. The molecule has 0 aliphatic carbocycles. The van der Waals surface area contributed by atoms with Crippen LogP contribution in [0.2, 0.25) is 0 Å². The van der Waals surface area contributed by atoms with Gasteiger partial charge in [-0.1, -0.05) is 19.1 Å². The summed E-state index contributed by atoms with van der Waals surface area (Å²) >= 11 is 1.77. The Morgan fingerprint density at radius 2 is 2.00 bits per heavy atom.